The van der Waals surface area contributed by atoms with Crippen molar-refractivity contribution < 1.29 is 13.2 Å². The predicted octanol–water partition coefficient (Wildman–Crippen LogP) is 2.93. The number of nitrogens with one attached hydrogen (secondary N) is 2. The third kappa shape index (κ3) is 7.54. The second-order valence-corrected chi connectivity index (χ2v) is 7.53. The third-order valence-electron chi connectivity index (χ3n) is 5.44. The zero-order chi connectivity index (χ0) is 22.3. The van der Waals surface area contributed by atoms with Crippen LogP contribution in [0, 0.1) is 0 Å². The van der Waals surface area contributed by atoms with Gasteiger partial charge in [0.15, 0.2) is 5.96 Å². The fourth-order valence-corrected chi connectivity index (χ4v) is 3.59. The number of hydrogen-bond acceptors (Lipinski definition) is 4. The number of nitrogens with zero attached hydrogens (tertiary/aromatic N) is 5. The first kappa shape index (κ1) is 26.2. The molecule has 0 radical (unpaired) electrons. The summed E-state index contributed by atoms with van der Waals surface area (Å²) in [6.07, 6.45) is -1.59. The van der Waals surface area contributed by atoms with E-state index in [2.05, 4.69) is 25.6 Å². The molecular weight excluding hydrogens is 534 g/mol. The smallest absolute Gasteiger partial charge is 0.369 e. The molecular formula is C21H31F3IN7. The highest BCUT2D eigenvalue weighted by molar-refractivity contribution is 14.0. The number of alkyl halides is 3. The van der Waals surface area contributed by atoms with E-state index in [1.54, 1.807) is 19.3 Å². The number of aromatic nitrogens is 2. The molecule has 7 nitrogen and oxygen atoms in total. The minimum atomic E-state index is -4.31. The van der Waals surface area contributed by atoms with E-state index in [9.17, 15) is 13.2 Å². The maximum Gasteiger partial charge on any atom is 0.416 e. The Bertz CT molecular complexity index is 861. The highest BCUT2D eigenvalue weighted by Gasteiger charge is 2.31. The molecule has 11 heteroatoms. The van der Waals surface area contributed by atoms with Gasteiger partial charge in [0.05, 0.1) is 17.8 Å². The van der Waals surface area contributed by atoms with E-state index in [-0.39, 0.29) is 24.0 Å². The van der Waals surface area contributed by atoms with Gasteiger partial charge in [-0.3, -0.25) is 14.6 Å². The van der Waals surface area contributed by atoms with Gasteiger partial charge in [-0.25, -0.2) is 0 Å². The molecule has 1 aliphatic rings. The number of piperazine rings is 1. The predicted molar refractivity (Wildman–Crippen MR) is 132 cm³/mol. The molecule has 0 unspecified atom stereocenters. The molecule has 2 heterocycles. The highest BCUT2D eigenvalue weighted by Crippen LogP contribution is 2.31. The van der Waals surface area contributed by atoms with Crippen LogP contribution in [-0.2, 0) is 19.8 Å². The Morgan fingerprint density at radius 2 is 1.88 bits per heavy atom. The Morgan fingerprint density at radius 1 is 1.12 bits per heavy atom. The average molecular weight is 565 g/mol. The van der Waals surface area contributed by atoms with Crippen molar-refractivity contribution >= 4 is 35.6 Å². The molecule has 32 heavy (non-hydrogen) atoms. The monoisotopic (exact) mass is 565 g/mol. The first-order chi connectivity index (χ1) is 14.9. The average Bonchev–Trinajstić information content (AvgIpc) is 3.18. The third-order valence-corrected chi connectivity index (χ3v) is 5.44. The summed E-state index contributed by atoms with van der Waals surface area (Å²) in [4.78, 5) is 8.60. The van der Waals surface area contributed by atoms with Gasteiger partial charge in [-0.15, -0.1) is 24.0 Å². The van der Waals surface area contributed by atoms with Crippen LogP contribution >= 0.6 is 24.0 Å². The molecule has 0 aliphatic carbocycles. The quantitative estimate of drug-likeness (QED) is 0.234. The largest absolute Gasteiger partial charge is 0.416 e. The van der Waals surface area contributed by atoms with E-state index in [0.717, 1.165) is 63.4 Å². The van der Waals surface area contributed by atoms with Crippen molar-refractivity contribution in [2.45, 2.75) is 19.1 Å². The summed E-state index contributed by atoms with van der Waals surface area (Å²) in [7, 11) is 3.64. The summed E-state index contributed by atoms with van der Waals surface area (Å²) in [6, 6.07) is 7.54. The zero-order valence-electron chi connectivity index (χ0n) is 18.4. The maximum atomic E-state index is 12.9. The fraction of sp³-hybridized carbons (Fsp3) is 0.524. The molecule has 0 saturated carbocycles. The first-order valence-electron chi connectivity index (χ1n) is 10.4. The minimum absolute atomic E-state index is 0. The molecule has 1 saturated heterocycles. The van der Waals surface area contributed by atoms with Gasteiger partial charge in [0, 0.05) is 58.7 Å². The van der Waals surface area contributed by atoms with E-state index >= 15 is 0 Å². The van der Waals surface area contributed by atoms with Crippen LogP contribution in [0.25, 0.3) is 0 Å². The van der Waals surface area contributed by atoms with E-state index in [1.807, 2.05) is 22.7 Å². The Morgan fingerprint density at radius 3 is 2.50 bits per heavy atom. The Balaban J connectivity index is 0.00000363. The highest BCUT2D eigenvalue weighted by atomic mass is 127. The van der Waals surface area contributed by atoms with Crippen LogP contribution in [0.5, 0.6) is 0 Å². The van der Waals surface area contributed by atoms with Crippen LogP contribution < -0.4 is 15.5 Å². The molecule has 0 spiro atoms. The SMILES string of the molecule is CN=C(NCCCN1CCN(c2cccc(C(F)(F)F)c2)CC1)NCc1ccnn1C.I. The Kier molecular flexibility index (Phi) is 10.1. The van der Waals surface area contributed by atoms with E-state index in [0.29, 0.717) is 12.2 Å². The molecule has 1 aliphatic heterocycles. The normalized spacial score (nSPS) is 15.4. The molecule has 0 atom stereocenters. The molecule has 0 amide bonds. The molecule has 1 fully saturated rings. The van der Waals surface area contributed by atoms with Crippen molar-refractivity contribution in [3.63, 3.8) is 0 Å². The Labute approximate surface area is 204 Å². The van der Waals surface area contributed by atoms with Gasteiger partial charge in [-0.1, -0.05) is 6.07 Å². The van der Waals surface area contributed by atoms with Crippen LogP contribution in [-0.4, -0.2) is 67.0 Å². The van der Waals surface area contributed by atoms with Crippen LogP contribution in [0.3, 0.4) is 0 Å². The van der Waals surface area contributed by atoms with Gasteiger partial charge in [0.25, 0.3) is 0 Å². The summed E-state index contributed by atoms with van der Waals surface area (Å²) in [5, 5.41) is 10.7. The molecule has 1 aromatic heterocycles. The van der Waals surface area contributed by atoms with E-state index in [1.165, 1.54) is 12.1 Å². The summed E-state index contributed by atoms with van der Waals surface area (Å²) in [6.45, 7) is 5.49. The lowest BCUT2D eigenvalue weighted by Gasteiger charge is -2.36. The van der Waals surface area contributed by atoms with E-state index in [4.69, 9.17) is 0 Å². The second-order valence-electron chi connectivity index (χ2n) is 7.53. The number of anilines is 1. The number of aliphatic imine (C=N–C) groups is 1. The van der Waals surface area contributed by atoms with Gasteiger partial charge in [-0.2, -0.15) is 18.3 Å². The number of aryl methyl sites for hydroxylation is 1. The van der Waals surface area contributed by atoms with Gasteiger partial charge in [0.1, 0.15) is 0 Å². The number of benzene rings is 1. The number of rotatable bonds is 7. The van der Waals surface area contributed by atoms with E-state index < -0.39 is 11.7 Å². The van der Waals surface area contributed by atoms with Crippen LogP contribution in [0.4, 0.5) is 18.9 Å². The van der Waals surface area contributed by atoms with Gasteiger partial charge < -0.3 is 15.5 Å². The lowest BCUT2D eigenvalue weighted by molar-refractivity contribution is -0.137. The van der Waals surface area contributed by atoms with Crippen molar-refractivity contribution in [1.29, 1.82) is 0 Å². The fourth-order valence-electron chi connectivity index (χ4n) is 3.59. The zero-order valence-corrected chi connectivity index (χ0v) is 20.7. The summed E-state index contributed by atoms with van der Waals surface area (Å²) < 4.78 is 40.6. The molecule has 1 aromatic carbocycles. The molecule has 2 N–H and O–H groups in total. The van der Waals surface area contributed by atoms with Gasteiger partial charge in [0.2, 0.25) is 0 Å². The van der Waals surface area contributed by atoms with Crippen molar-refractivity contribution in [2.75, 3.05) is 51.2 Å². The van der Waals surface area contributed by atoms with Crippen molar-refractivity contribution in [3.05, 3.63) is 47.8 Å². The van der Waals surface area contributed by atoms with Gasteiger partial charge >= 0.3 is 6.18 Å². The van der Waals surface area contributed by atoms with Crippen molar-refractivity contribution in [1.82, 2.24) is 25.3 Å². The molecule has 0 bridgehead atoms. The topological polar surface area (TPSA) is 60.7 Å². The minimum Gasteiger partial charge on any atom is -0.369 e. The van der Waals surface area contributed by atoms with Crippen LogP contribution in [0.2, 0.25) is 0 Å². The maximum absolute atomic E-state index is 12.9. The summed E-state index contributed by atoms with van der Waals surface area (Å²) in [5.41, 5.74) is 1.12. The number of hydrogen-bond donors (Lipinski definition) is 2. The first-order valence-corrected chi connectivity index (χ1v) is 10.4. The summed E-state index contributed by atoms with van der Waals surface area (Å²) >= 11 is 0. The van der Waals surface area contributed by atoms with Crippen molar-refractivity contribution in [3.8, 4) is 0 Å². The Hall–Kier alpha value is -2.02. The van der Waals surface area contributed by atoms with Crippen LogP contribution in [0.15, 0.2) is 41.5 Å². The number of guanidine groups is 1. The molecule has 178 valence electrons. The molecule has 2 aromatic rings. The standard InChI is InChI=1S/C21H30F3N7.HI/c1-25-20(27-16-19-7-9-28-29(19)2)26-8-4-10-30-11-13-31(14-12-30)18-6-3-5-17(15-18)21(22,23)24;/h3,5-7,9,15H,4,8,10-14,16H2,1-2H3,(H2,25,26,27);1H. The lowest BCUT2D eigenvalue weighted by atomic mass is 10.1. The van der Waals surface area contributed by atoms with Gasteiger partial charge in [-0.05, 0) is 37.2 Å². The summed E-state index contributed by atoms with van der Waals surface area (Å²) in [5.74, 6) is 0.746. The van der Waals surface area contributed by atoms with Crippen LogP contribution in [0.1, 0.15) is 17.7 Å². The lowest BCUT2D eigenvalue weighted by Crippen LogP contribution is -2.47. The van der Waals surface area contributed by atoms with Crippen molar-refractivity contribution in [2.24, 2.45) is 12.0 Å². The second kappa shape index (κ2) is 12.3. The molecule has 3 rings (SSSR count). The number of halogens is 4.